The van der Waals surface area contributed by atoms with Crippen LogP contribution in [0.3, 0.4) is 0 Å². The van der Waals surface area contributed by atoms with Gasteiger partial charge in [0.25, 0.3) is 0 Å². The predicted molar refractivity (Wildman–Crippen MR) is 71.7 cm³/mol. The molecule has 0 bridgehead atoms. The average Bonchev–Trinajstić information content (AvgIpc) is 2.57. The van der Waals surface area contributed by atoms with Gasteiger partial charge in [-0.15, -0.1) is 0 Å². The van der Waals surface area contributed by atoms with Crippen LogP contribution < -0.4 is 15.5 Å². The third kappa shape index (κ3) is 1.87. The Bertz CT molecular complexity index is 444. The normalized spacial score (nSPS) is 19.4. The van der Waals surface area contributed by atoms with Crippen LogP contribution in [0.5, 0.6) is 5.75 Å². The predicted octanol–water partition coefficient (Wildman–Crippen LogP) is -0.203. The van der Waals surface area contributed by atoms with E-state index < -0.39 is 14.6 Å². The van der Waals surface area contributed by atoms with Crippen molar-refractivity contribution in [2.75, 3.05) is 6.35 Å². The Morgan fingerprint density at radius 3 is 2.47 bits per heavy atom. The zero-order valence-corrected chi connectivity index (χ0v) is 11.3. The molecule has 6 heteroatoms. The third-order valence-electron chi connectivity index (χ3n) is 3.43. The van der Waals surface area contributed by atoms with Gasteiger partial charge in [-0.2, -0.15) is 0 Å². The summed E-state index contributed by atoms with van der Waals surface area (Å²) in [7, 11) is -4.43. The maximum absolute atomic E-state index is 10.9. The van der Waals surface area contributed by atoms with Gasteiger partial charge in [-0.25, -0.2) is 0 Å². The first-order valence-corrected chi connectivity index (χ1v) is 7.77. The van der Waals surface area contributed by atoms with Crippen LogP contribution in [-0.2, 0) is 0 Å². The first kappa shape index (κ1) is 12.8. The molecule has 0 aromatic heterocycles. The topological polar surface area (TPSA) is 69.9 Å². The monoisotopic (exact) mass is 256 g/mol. The molecule has 94 valence electrons. The molecular weight excluding hydrogens is 238 g/mol. The van der Waals surface area contributed by atoms with E-state index >= 15 is 0 Å². The van der Waals surface area contributed by atoms with E-state index in [0.717, 1.165) is 0 Å². The second-order valence-corrected chi connectivity index (χ2v) is 9.50. The molecule has 17 heavy (non-hydrogen) atoms. The van der Waals surface area contributed by atoms with Crippen molar-refractivity contribution in [3.63, 3.8) is 0 Å². The Morgan fingerprint density at radius 1 is 1.29 bits per heavy atom. The second-order valence-electron chi connectivity index (χ2n) is 5.49. The molecule has 1 heterocycles. The zero-order chi connectivity index (χ0) is 12.8. The molecule has 1 aliphatic heterocycles. The second kappa shape index (κ2) is 3.96. The molecule has 0 radical (unpaired) electrons. The van der Waals surface area contributed by atoms with Crippen LogP contribution >= 0.6 is 7.49 Å². The Kier molecular flexibility index (Phi) is 2.99. The van der Waals surface area contributed by atoms with E-state index in [1.807, 2.05) is 20.8 Å². The molecule has 2 rings (SSSR count). The summed E-state index contributed by atoms with van der Waals surface area (Å²) >= 11 is 0. The SMILES string of the molecule is CC(C)(C)[PH]1(O)COc2cccc(B(O)O)c21. The standard InChI is InChI=1S/C11H18BO4P/c1-11(2,3)17(15)7-16-9-6-4-5-8(10(9)17)12(13)14/h4-6,13-15,17H,7H2,1-3H3. The van der Waals surface area contributed by atoms with Gasteiger partial charge in [0.15, 0.2) is 0 Å². The molecule has 1 aromatic carbocycles. The number of rotatable bonds is 1. The summed E-state index contributed by atoms with van der Waals surface area (Å²) in [5, 5.41) is 19.1. The Morgan fingerprint density at radius 2 is 1.94 bits per heavy atom. The van der Waals surface area contributed by atoms with Crippen molar-refractivity contribution in [2.45, 2.75) is 25.9 Å². The molecule has 1 aromatic rings. The van der Waals surface area contributed by atoms with Crippen molar-refractivity contribution in [2.24, 2.45) is 0 Å². The molecule has 0 atom stereocenters. The fourth-order valence-corrected chi connectivity index (χ4v) is 5.12. The van der Waals surface area contributed by atoms with Crippen LogP contribution in [0.1, 0.15) is 20.8 Å². The van der Waals surface area contributed by atoms with E-state index in [9.17, 15) is 14.9 Å². The van der Waals surface area contributed by atoms with Gasteiger partial charge < -0.3 is 0 Å². The van der Waals surface area contributed by atoms with Crippen molar-refractivity contribution >= 4 is 25.4 Å². The summed E-state index contributed by atoms with van der Waals surface area (Å²) in [6, 6.07) is 5.09. The van der Waals surface area contributed by atoms with Crippen molar-refractivity contribution in [1.82, 2.24) is 0 Å². The first-order chi connectivity index (χ1) is 7.77. The zero-order valence-electron chi connectivity index (χ0n) is 10.3. The van der Waals surface area contributed by atoms with Crippen molar-refractivity contribution < 1.29 is 19.7 Å². The number of fused-ring (bicyclic) bond motifs is 1. The van der Waals surface area contributed by atoms with Crippen molar-refractivity contribution in [1.29, 1.82) is 0 Å². The molecule has 3 N–H and O–H groups in total. The van der Waals surface area contributed by atoms with Crippen LogP contribution in [0.15, 0.2) is 18.2 Å². The molecule has 1 aliphatic rings. The van der Waals surface area contributed by atoms with Crippen LogP contribution in [0.2, 0.25) is 0 Å². The summed E-state index contributed by atoms with van der Waals surface area (Å²) in [4.78, 5) is 10.9. The molecule has 0 spiro atoms. The molecule has 0 saturated heterocycles. The molecule has 0 amide bonds. The van der Waals surface area contributed by atoms with Crippen LogP contribution in [0, 0.1) is 0 Å². The summed E-state index contributed by atoms with van der Waals surface area (Å²) in [6.07, 6.45) is 0.273. The maximum atomic E-state index is 10.9. The minimum atomic E-state index is -2.86. The summed E-state index contributed by atoms with van der Waals surface area (Å²) in [5.74, 6) is 0.583. The Labute approximate surface area is 102 Å². The Hall–Kier alpha value is -0.605. The van der Waals surface area contributed by atoms with E-state index in [1.165, 1.54) is 0 Å². The van der Waals surface area contributed by atoms with E-state index in [1.54, 1.807) is 18.2 Å². The van der Waals surface area contributed by atoms with E-state index in [0.29, 0.717) is 16.5 Å². The quantitative estimate of drug-likeness (QED) is 0.480. The minimum absolute atomic E-state index is 0.273. The molecule has 0 aliphatic carbocycles. The third-order valence-corrected chi connectivity index (χ3v) is 7.83. The van der Waals surface area contributed by atoms with Crippen LogP contribution in [0.25, 0.3) is 0 Å². The van der Waals surface area contributed by atoms with E-state index in [-0.39, 0.29) is 11.5 Å². The van der Waals surface area contributed by atoms with Crippen LogP contribution in [0.4, 0.5) is 0 Å². The molecule has 0 fully saturated rings. The van der Waals surface area contributed by atoms with Gasteiger partial charge in [0, 0.05) is 0 Å². The van der Waals surface area contributed by atoms with E-state index in [4.69, 9.17) is 4.74 Å². The number of hydrogen-bond acceptors (Lipinski definition) is 4. The van der Waals surface area contributed by atoms with Crippen LogP contribution in [-0.4, -0.2) is 33.6 Å². The van der Waals surface area contributed by atoms with E-state index in [2.05, 4.69) is 0 Å². The fraction of sp³-hybridized carbons (Fsp3) is 0.455. The number of benzene rings is 1. The van der Waals surface area contributed by atoms with Gasteiger partial charge in [0.05, 0.1) is 0 Å². The fourth-order valence-electron chi connectivity index (χ4n) is 2.17. The van der Waals surface area contributed by atoms with Gasteiger partial charge in [0.1, 0.15) is 0 Å². The average molecular weight is 256 g/mol. The number of hydrogen-bond donors (Lipinski definition) is 3. The number of ether oxygens (including phenoxy) is 1. The van der Waals surface area contributed by atoms with Crippen molar-refractivity contribution in [3.05, 3.63) is 18.2 Å². The summed E-state index contributed by atoms with van der Waals surface area (Å²) < 4.78 is 5.52. The van der Waals surface area contributed by atoms with Crippen molar-refractivity contribution in [3.8, 4) is 5.75 Å². The molecular formula is C11H18BO4P. The summed E-state index contributed by atoms with van der Waals surface area (Å²) in [5.41, 5.74) is 0.365. The molecule has 0 unspecified atom stereocenters. The molecule has 4 nitrogen and oxygen atoms in total. The van der Waals surface area contributed by atoms with Gasteiger partial charge in [0.2, 0.25) is 0 Å². The Balaban J connectivity index is 2.64. The first-order valence-electron chi connectivity index (χ1n) is 5.62. The van der Waals surface area contributed by atoms with Gasteiger partial charge >= 0.3 is 101 Å². The van der Waals surface area contributed by atoms with Gasteiger partial charge in [-0.05, 0) is 0 Å². The molecule has 0 saturated carbocycles. The van der Waals surface area contributed by atoms with Gasteiger partial charge in [-0.1, -0.05) is 0 Å². The summed E-state index contributed by atoms with van der Waals surface area (Å²) in [6.45, 7) is 5.87. The van der Waals surface area contributed by atoms with Gasteiger partial charge in [-0.3, -0.25) is 0 Å².